The molecule has 2 aromatic carbocycles. The number of carbonyl (C=O) groups is 1. The van der Waals surface area contributed by atoms with Crippen LogP contribution in [0.5, 0.6) is 0 Å². The quantitative estimate of drug-likeness (QED) is 0.782. The van der Waals surface area contributed by atoms with E-state index in [0.717, 1.165) is 17.1 Å². The molecule has 3 aromatic rings. The predicted molar refractivity (Wildman–Crippen MR) is 91.5 cm³/mol. The lowest BCUT2D eigenvalue weighted by molar-refractivity contribution is 0.0974. The molecule has 1 atom stereocenters. The Morgan fingerprint density at radius 3 is 2.39 bits per heavy atom. The fourth-order valence-electron chi connectivity index (χ4n) is 3.07. The van der Waals surface area contributed by atoms with Crippen LogP contribution in [0.4, 0.5) is 11.4 Å². The van der Waals surface area contributed by atoms with Crippen molar-refractivity contribution in [2.75, 3.05) is 10.2 Å². The highest BCUT2D eigenvalue weighted by atomic mass is 16.2. The summed E-state index contributed by atoms with van der Waals surface area (Å²) in [7, 11) is 1.99. The highest BCUT2D eigenvalue weighted by Gasteiger charge is 2.34. The Hall–Kier alpha value is -3.01. The minimum Gasteiger partial charge on any atom is -0.359 e. The zero-order valence-electron chi connectivity index (χ0n) is 12.8. The number of fused-ring (bicyclic) bond motifs is 1. The summed E-state index contributed by atoms with van der Waals surface area (Å²) in [6.45, 7) is 0. The molecule has 1 amide bonds. The van der Waals surface area contributed by atoms with Gasteiger partial charge in [0.15, 0.2) is 0 Å². The summed E-state index contributed by atoms with van der Waals surface area (Å²) in [6.07, 6.45) is 1.75. The molecular formula is C19H17N3O. The molecule has 0 unspecified atom stereocenters. The van der Waals surface area contributed by atoms with Crippen LogP contribution >= 0.6 is 0 Å². The van der Waals surface area contributed by atoms with Crippen LogP contribution in [0.2, 0.25) is 0 Å². The summed E-state index contributed by atoms with van der Waals surface area (Å²) in [5.74, 6) is 0.0109. The van der Waals surface area contributed by atoms with Crippen LogP contribution in [0.3, 0.4) is 0 Å². The molecule has 0 fully saturated rings. The van der Waals surface area contributed by atoms with E-state index in [2.05, 4.69) is 5.32 Å². The minimum absolute atomic E-state index is 0.0109. The Balaban J connectivity index is 1.89. The van der Waals surface area contributed by atoms with Crippen LogP contribution in [0, 0.1) is 0 Å². The monoisotopic (exact) mass is 303 g/mol. The van der Waals surface area contributed by atoms with E-state index in [-0.39, 0.29) is 12.1 Å². The van der Waals surface area contributed by atoms with Crippen molar-refractivity contribution in [1.82, 2.24) is 4.57 Å². The minimum atomic E-state index is -0.236. The number of rotatable bonds is 2. The van der Waals surface area contributed by atoms with Crippen molar-refractivity contribution in [3.05, 3.63) is 84.2 Å². The normalized spacial score (nSPS) is 16.8. The Labute approximate surface area is 135 Å². The number of benzene rings is 2. The summed E-state index contributed by atoms with van der Waals surface area (Å²) in [4.78, 5) is 14.9. The molecule has 2 heterocycles. The van der Waals surface area contributed by atoms with Crippen LogP contribution in [0.25, 0.3) is 0 Å². The molecule has 0 saturated carbocycles. The molecule has 0 aliphatic carbocycles. The summed E-state index contributed by atoms with van der Waals surface area (Å²) < 4.78 is 2.04. The largest absolute Gasteiger partial charge is 0.359 e. The lowest BCUT2D eigenvalue weighted by Crippen LogP contribution is -2.43. The predicted octanol–water partition coefficient (Wildman–Crippen LogP) is 3.80. The first kappa shape index (κ1) is 13.6. The second kappa shape index (κ2) is 5.32. The number of amides is 1. The number of carbonyl (C=O) groups excluding carboxylic acids is 1. The molecule has 1 aromatic heterocycles. The second-order valence-electron chi connectivity index (χ2n) is 5.65. The third-order valence-corrected chi connectivity index (χ3v) is 4.23. The second-order valence-corrected chi connectivity index (χ2v) is 5.65. The smallest absolute Gasteiger partial charge is 0.262 e. The third-order valence-electron chi connectivity index (χ3n) is 4.23. The van der Waals surface area contributed by atoms with Crippen molar-refractivity contribution in [3.8, 4) is 0 Å². The van der Waals surface area contributed by atoms with E-state index in [0.29, 0.717) is 5.56 Å². The number of para-hydroxylation sites is 2. The average Bonchev–Trinajstić information content (AvgIpc) is 3.01. The first-order valence-corrected chi connectivity index (χ1v) is 7.61. The third kappa shape index (κ3) is 2.19. The number of aryl methyl sites for hydroxylation is 1. The first-order valence-electron chi connectivity index (χ1n) is 7.61. The van der Waals surface area contributed by atoms with Gasteiger partial charge < -0.3 is 9.88 Å². The fourth-order valence-corrected chi connectivity index (χ4v) is 3.07. The maximum atomic E-state index is 13.1. The van der Waals surface area contributed by atoms with Gasteiger partial charge in [-0.05, 0) is 36.4 Å². The van der Waals surface area contributed by atoms with Crippen molar-refractivity contribution in [3.63, 3.8) is 0 Å². The van der Waals surface area contributed by atoms with Crippen LogP contribution in [0.15, 0.2) is 72.9 Å². The maximum Gasteiger partial charge on any atom is 0.262 e. The molecule has 1 N–H and O–H groups in total. The number of hydrogen-bond acceptors (Lipinski definition) is 2. The van der Waals surface area contributed by atoms with Gasteiger partial charge in [0.1, 0.15) is 6.17 Å². The molecular weight excluding hydrogens is 286 g/mol. The number of hydrogen-bond donors (Lipinski definition) is 1. The maximum absolute atomic E-state index is 13.1. The Morgan fingerprint density at radius 1 is 0.913 bits per heavy atom. The average molecular weight is 303 g/mol. The lowest BCUT2D eigenvalue weighted by Gasteiger charge is -2.38. The van der Waals surface area contributed by atoms with Gasteiger partial charge in [0, 0.05) is 24.6 Å². The topological polar surface area (TPSA) is 37.3 Å². The van der Waals surface area contributed by atoms with Crippen molar-refractivity contribution in [2.45, 2.75) is 6.17 Å². The summed E-state index contributed by atoms with van der Waals surface area (Å²) >= 11 is 0. The van der Waals surface area contributed by atoms with Crippen LogP contribution in [0.1, 0.15) is 22.2 Å². The number of anilines is 2. The molecule has 1 aliphatic rings. The van der Waals surface area contributed by atoms with Gasteiger partial charge in [-0.2, -0.15) is 0 Å². The van der Waals surface area contributed by atoms with Gasteiger partial charge in [-0.15, -0.1) is 0 Å². The van der Waals surface area contributed by atoms with Crippen molar-refractivity contribution >= 4 is 17.3 Å². The Kier molecular flexibility index (Phi) is 3.15. The number of nitrogens with one attached hydrogen (secondary N) is 1. The zero-order valence-corrected chi connectivity index (χ0v) is 12.8. The van der Waals surface area contributed by atoms with Crippen molar-refractivity contribution in [1.29, 1.82) is 0 Å². The SMILES string of the molecule is Cn1cccc1[C@H]1Nc2ccccc2C(=O)N1c1ccccc1. The van der Waals surface area contributed by atoms with Crippen LogP contribution < -0.4 is 10.2 Å². The Morgan fingerprint density at radius 2 is 1.65 bits per heavy atom. The molecule has 114 valence electrons. The molecule has 23 heavy (non-hydrogen) atoms. The van der Waals surface area contributed by atoms with Crippen molar-refractivity contribution < 1.29 is 4.79 Å². The van der Waals surface area contributed by atoms with Gasteiger partial charge in [-0.25, -0.2) is 0 Å². The Bertz CT molecular complexity index is 854. The molecule has 1 aliphatic heterocycles. The molecule has 4 heteroatoms. The lowest BCUT2D eigenvalue weighted by atomic mass is 10.1. The molecule has 0 saturated heterocycles. The molecule has 4 nitrogen and oxygen atoms in total. The first-order chi connectivity index (χ1) is 11.3. The standard InChI is InChI=1S/C19H17N3O/c1-21-13-7-12-17(21)18-20-16-11-6-5-10-15(16)19(23)22(18)14-8-3-2-4-9-14/h2-13,18,20H,1H3/t18-/m0/s1. The van der Waals surface area contributed by atoms with Gasteiger partial charge in [-0.3, -0.25) is 9.69 Å². The van der Waals surface area contributed by atoms with E-state index in [9.17, 15) is 4.79 Å². The van der Waals surface area contributed by atoms with E-state index >= 15 is 0 Å². The number of aromatic nitrogens is 1. The zero-order chi connectivity index (χ0) is 15.8. The number of nitrogens with zero attached hydrogens (tertiary/aromatic N) is 2. The molecule has 0 spiro atoms. The molecule has 4 rings (SSSR count). The summed E-state index contributed by atoms with van der Waals surface area (Å²) in [6, 6.07) is 21.5. The highest BCUT2D eigenvalue weighted by Crippen LogP contribution is 2.36. The fraction of sp³-hybridized carbons (Fsp3) is 0.105. The summed E-state index contributed by atoms with van der Waals surface area (Å²) in [5.41, 5.74) is 3.49. The molecule has 0 bridgehead atoms. The van der Waals surface area contributed by atoms with Crippen LogP contribution in [-0.4, -0.2) is 10.5 Å². The van der Waals surface area contributed by atoms with Crippen molar-refractivity contribution in [2.24, 2.45) is 7.05 Å². The van der Waals surface area contributed by atoms with Gasteiger partial charge in [0.25, 0.3) is 5.91 Å². The van der Waals surface area contributed by atoms with E-state index in [1.54, 1.807) is 0 Å². The van der Waals surface area contributed by atoms with Gasteiger partial charge in [0.05, 0.1) is 11.3 Å². The van der Waals surface area contributed by atoms with E-state index in [1.807, 2.05) is 89.4 Å². The van der Waals surface area contributed by atoms with E-state index in [1.165, 1.54) is 0 Å². The molecule has 0 radical (unpaired) electrons. The van der Waals surface area contributed by atoms with Crippen LogP contribution in [-0.2, 0) is 7.05 Å². The highest BCUT2D eigenvalue weighted by molar-refractivity contribution is 6.12. The van der Waals surface area contributed by atoms with E-state index < -0.39 is 0 Å². The van der Waals surface area contributed by atoms with Gasteiger partial charge in [0.2, 0.25) is 0 Å². The van der Waals surface area contributed by atoms with Gasteiger partial charge >= 0.3 is 0 Å². The van der Waals surface area contributed by atoms with E-state index in [4.69, 9.17) is 0 Å². The van der Waals surface area contributed by atoms with Gasteiger partial charge in [-0.1, -0.05) is 30.3 Å². The summed E-state index contributed by atoms with van der Waals surface area (Å²) in [5, 5.41) is 3.50.